The molecule has 0 saturated heterocycles. The molecule has 0 saturated carbocycles. The summed E-state index contributed by atoms with van der Waals surface area (Å²) in [4.78, 5) is 21.1. The third-order valence-corrected chi connectivity index (χ3v) is 1.29. The van der Waals surface area contributed by atoms with Gasteiger partial charge in [-0.15, -0.1) is 0 Å². The van der Waals surface area contributed by atoms with Crippen LogP contribution in [0.3, 0.4) is 0 Å². The fraction of sp³-hybridized carbons (Fsp3) is 0.750. The second kappa shape index (κ2) is 3.56. The van der Waals surface area contributed by atoms with Gasteiger partial charge >= 0.3 is 11.9 Å². The quantitative estimate of drug-likeness (QED) is 0.635. The van der Waals surface area contributed by atoms with E-state index < -0.39 is 23.5 Å². The lowest BCUT2D eigenvalue weighted by Gasteiger charge is -2.25. The molecule has 0 radical (unpaired) electrons. The maximum Gasteiger partial charge on any atom is 0.345 e. The lowest BCUT2D eigenvalue weighted by Crippen LogP contribution is -2.38. The SMILES string of the molecule is CC(=O)OC(C(=O)O)C(C)(C)C. The zero-order valence-electron chi connectivity index (χ0n) is 7.75. The second-order valence-corrected chi connectivity index (χ2v) is 3.69. The van der Waals surface area contributed by atoms with Crippen LogP contribution in [0.25, 0.3) is 0 Å². The predicted octanol–water partition coefficient (Wildman–Crippen LogP) is 1.05. The van der Waals surface area contributed by atoms with Crippen LogP contribution in [0.5, 0.6) is 0 Å². The standard InChI is InChI=1S/C8H14O4/c1-5(9)12-6(7(10)11)8(2,3)4/h6H,1-4H3,(H,10,11). The van der Waals surface area contributed by atoms with Crippen molar-refractivity contribution in [2.45, 2.75) is 33.8 Å². The number of ether oxygens (including phenoxy) is 1. The summed E-state index contributed by atoms with van der Waals surface area (Å²) in [7, 11) is 0. The van der Waals surface area contributed by atoms with Crippen molar-refractivity contribution in [2.75, 3.05) is 0 Å². The van der Waals surface area contributed by atoms with Gasteiger partial charge in [-0.25, -0.2) is 4.79 Å². The largest absolute Gasteiger partial charge is 0.478 e. The number of carbonyl (C=O) groups excluding carboxylic acids is 1. The van der Waals surface area contributed by atoms with Crippen molar-refractivity contribution < 1.29 is 19.4 Å². The minimum atomic E-state index is -1.11. The Labute approximate surface area is 71.5 Å². The summed E-state index contributed by atoms with van der Waals surface area (Å²) < 4.78 is 4.64. The molecule has 0 spiro atoms. The first-order valence-electron chi connectivity index (χ1n) is 3.65. The van der Waals surface area contributed by atoms with Gasteiger partial charge < -0.3 is 9.84 Å². The summed E-state index contributed by atoms with van der Waals surface area (Å²) in [6.45, 7) is 6.31. The third-order valence-electron chi connectivity index (χ3n) is 1.29. The van der Waals surface area contributed by atoms with Crippen molar-refractivity contribution in [1.82, 2.24) is 0 Å². The Bertz CT molecular complexity index is 190. The van der Waals surface area contributed by atoms with Crippen LogP contribution in [0.15, 0.2) is 0 Å². The predicted molar refractivity (Wildman–Crippen MR) is 42.6 cm³/mol. The van der Waals surface area contributed by atoms with Gasteiger partial charge in [-0.2, -0.15) is 0 Å². The van der Waals surface area contributed by atoms with Gasteiger partial charge in [0.1, 0.15) is 0 Å². The first kappa shape index (κ1) is 10.9. The molecule has 0 aliphatic rings. The molecule has 0 aromatic heterocycles. The van der Waals surface area contributed by atoms with Crippen molar-refractivity contribution in [2.24, 2.45) is 5.41 Å². The van der Waals surface area contributed by atoms with Crippen molar-refractivity contribution in [3.63, 3.8) is 0 Å². The molecule has 0 bridgehead atoms. The number of esters is 1. The molecule has 0 aliphatic carbocycles. The van der Waals surface area contributed by atoms with Crippen LogP contribution in [0, 0.1) is 5.41 Å². The highest BCUT2D eigenvalue weighted by Crippen LogP contribution is 2.22. The van der Waals surface area contributed by atoms with E-state index in [1.165, 1.54) is 6.92 Å². The number of hydrogen-bond acceptors (Lipinski definition) is 3. The Kier molecular flexibility index (Phi) is 3.24. The summed E-state index contributed by atoms with van der Waals surface area (Å²) in [5, 5.41) is 8.68. The normalized spacial score (nSPS) is 13.7. The van der Waals surface area contributed by atoms with E-state index >= 15 is 0 Å². The molecule has 0 fully saturated rings. The Morgan fingerprint density at radius 1 is 1.33 bits per heavy atom. The zero-order chi connectivity index (χ0) is 9.94. The third kappa shape index (κ3) is 3.37. The van der Waals surface area contributed by atoms with Crippen LogP contribution in [0.2, 0.25) is 0 Å². The van der Waals surface area contributed by atoms with E-state index in [0.29, 0.717) is 0 Å². The van der Waals surface area contributed by atoms with Gasteiger partial charge in [0.15, 0.2) is 0 Å². The van der Waals surface area contributed by atoms with E-state index in [9.17, 15) is 9.59 Å². The van der Waals surface area contributed by atoms with E-state index in [0.717, 1.165) is 0 Å². The number of aliphatic carboxylic acids is 1. The van der Waals surface area contributed by atoms with Gasteiger partial charge in [0.25, 0.3) is 0 Å². The van der Waals surface area contributed by atoms with Crippen LogP contribution in [0.1, 0.15) is 27.7 Å². The van der Waals surface area contributed by atoms with Crippen molar-refractivity contribution in [3.05, 3.63) is 0 Å². The Hall–Kier alpha value is -1.06. The van der Waals surface area contributed by atoms with Gasteiger partial charge in [0, 0.05) is 12.3 Å². The van der Waals surface area contributed by atoms with Crippen molar-refractivity contribution in [3.8, 4) is 0 Å². The molecule has 0 rings (SSSR count). The Morgan fingerprint density at radius 2 is 1.75 bits per heavy atom. The summed E-state index contributed by atoms with van der Waals surface area (Å²) in [6, 6.07) is 0. The van der Waals surface area contributed by atoms with E-state index in [4.69, 9.17) is 5.11 Å². The van der Waals surface area contributed by atoms with Gasteiger partial charge in [-0.05, 0) is 0 Å². The van der Waals surface area contributed by atoms with E-state index in [-0.39, 0.29) is 0 Å². The lowest BCUT2D eigenvalue weighted by molar-refractivity contribution is -0.170. The molecule has 0 heterocycles. The lowest BCUT2D eigenvalue weighted by atomic mass is 9.89. The van der Waals surface area contributed by atoms with Crippen LogP contribution >= 0.6 is 0 Å². The van der Waals surface area contributed by atoms with Crippen LogP contribution < -0.4 is 0 Å². The molecule has 1 atom stereocenters. The molecule has 12 heavy (non-hydrogen) atoms. The van der Waals surface area contributed by atoms with E-state index in [2.05, 4.69) is 4.74 Å². The summed E-state index contributed by atoms with van der Waals surface area (Å²) in [5.41, 5.74) is -0.572. The van der Waals surface area contributed by atoms with Crippen LogP contribution in [-0.4, -0.2) is 23.1 Å². The molecule has 70 valence electrons. The average Bonchev–Trinajstić information content (AvgIpc) is 1.79. The highest BCUT2D eigenvalue weighted by Gasteiger charge is 2.33. The first-order valence-corrected chi connectivity index (χ1v) is 3.65. The molecule has 0 amide bonds. The molecule has 1 unspecified atom stereocenters. The van der Waals surface area contributed by atoms with E-state index in [1.807, 2.05) is 0 Å². The number of carboxylic acids is 1. The topological polar surface area (TPSA) is 63.6 Å². The van der Waals surface area contributed by atoms with E-state index in [1.54, 1.807) is 20.8 Å². The van der Waals surface area contributed by atoms with Gasteiger partial charge in [-0.1, -0.05) is 20.8 Å². The Balaban J connectivity index is 4.46. The smallest absolute Gasteiger partial charge is 0.345 e. The highest BCUT2D eigenvalue weighted by molar-refractivity contribution is 5.77. The van der Waals surface area contributed by atoms with Crippen LogP contribution in [-0.2, 0) is 14.3 Å². The Morgan fingerprint density at radius 3 is 1.83 bits per heavy atom. The number of hydrogen-bond donors (Lipinski definition) is 1. The average molecular weight is 174 g/mol. The molecule has 0 aromatic carbocycles. The summed E-state index contributed by atoms with van der Waals surface area (Å²) in [5.74, 6) is -1.69. The fourth-order valence-electron chi connectivity index (χ4n) is 0.764. The van der Waals surface area contributed by atoms with Crippen molar-refractivity contribution >= 4 is 11.9 Å². The monoisotopic (exact) mass is 174 g/mol. The molecular formula is C8H14O4. The minimum absolute atomic E-state index is 0.572. The van der Waals surface area contributed by atoms with Crippen LogP contribution in [0.4, 0.5) is 0 Å². The molecule has 4 nitrogen and oxygen atoms in total. The zero-order valence-corrected chi connectivity index (χ0v) is 7.75. The fourth-order valence-corrected chi connectivity index (χ4v) is 0.764. The highest BCUT2D eigenvalue weighted by atomic mass is 16.6. The number of rotatable bonds is 2. The molecule has 1 N–H and O–H groups in total. The molecule has 0 aliphatic heterocycles. The van der Waals surface area contributed by atoms with Gasteiger partial charge in [0.05, 0.1) is 0 Å². The maximum atomic E-state index is 10.6. The molecule has 4 heteroatoms. The molecule has 0 aromatic rings. The van der Waals surface area contributed by atoms with Gasteiger partial charge in [0.2, 0.25) is 6.10 Å². The first-order chi connectivity index (χ1) is 5.25. The second-order valence-electron chi connectivity index (χ2n) is 3.69. The maximum absolute atomic E-state index is 10.6. The summed E-state index contributed by atoms with van der Waals surface area (Å²) >= 11 is 0. The number of carbonyl (C=O) groups is 2. The summed E-state index contributed by atoms with van der Waals surface area (Å²) in [6.07, 6.45) is -1.07. The number of carboxylic acid groups (broad SMARTS) is 1. The minimum Gasteiger partial charge on any atom is -0.478 e. The molecular weight excluding hydrogens is 160 g/mol. The van der Waals surface area contributed by atoms with Crippen molar-refractivity contribution in [1.29, 1.82) is 0 Å². The van der Waals surface area contributed by atoms with Gasteiger partial charge in [-0.3, -0.25) is 4.79 Å².